The van der Waals surface area contributed by atoms with E-state index in [1.165, 1.54) is 22.9 Å². The van der Waals surface area contributed by atoms with Crippen molar-refractivity contribution in [3.63, 3.8) is 0 Å². The molecule has 0 spiro atoms. The van der Waals surface area contributed by atoms with E-state index in [1.807, 2.05) is 44.2 Å². The molecule has 28 heavy (non-hydrogen) atoms. The highest BCUT2D eigenvalue weighted by Crippen LogP contribution is 2.43. The Labute approximate surface area is 168 Å². The fourth-order valence-electron chi connectivity index (χ4n) is 3.69. The van der Waals surface area contributed by atoms with Gasteiger partial charge in [-0.15, -0.1) is 0 Å². The average molecular weight is 385 g/mol. The van der Waals surface area contributed by atoms with Crippen LogP contribution in [0.4, 0.5) is 0 Å². The number of rotatable bonds is 4. The van der Waals surface area contributed by atoms with Gasteiger partial charge in [-0.1, -0.05) is 60.3 Å². The zero-order chi connectivity index (χ0) is 19.7. The highest BCUT2D eigenvalue weighted by Gasteiger charge is 2.29. The Balaban J connectivity index is 1.54. The number of aryl methyl sites for hydroxylation is 2. The lowest BCUT2D eigenvalue weighted by molar-refractivity contribution is -0.119. The summed E-state index contributed by atoms with van der Waals surface area (Å²) in [5.41, 5.74) is 6.83. The second kappa shape index (κ2) is 7.49. The average Bonchev–Trinajstić information content (AvgIpc) is 3.00. The molecule has 1 aliphatic carbocycles. The summed E-state index contributed by atoms with van der Waals surface area (Å²) in [6.45, 7) is 3.79. The van der Waals surface area contributed by atoms with Crippen LogP contribution < -0.4 is 5.32 Å². The predicted octanol–water partition coefficient (Wildman–Crippen LogP) is 4.55. The number of carbonyl (C=O) groups excluding carboxylic acids is 1. The van der Waals surface area contributed by atoms with E-state index in [2.05, 4.69) is 40.6 Å². The van der Waals surface area contributed by atoms with Gasteiger partial charge in [0.25, 0.3) is 0 Å². The van der Waals surface area contributed by atoms with E-state index in [4.69, 9.17) is 0 Å². The molecule has 0 saturated carbocycles. The molecule has 1 aromatic heterocycles. The Kier molecular flexibility index (Phi) is 4.89. The number of carbonyl (C=O) groups is 1. The van der Waals surface area contributed by atoms with Crippen LogP contribution in [-0.4, -0.2) is 16.6 Å². The van der Waals surface area contributed by atoms with Gasteiger partial charge < -0.3 is 5.32 Å². The fraction of sp³-hybridized carbons (Fsp3) is 0.174. The second-order valence-corrected chi connectivity index (χ2v) is 7.80. The molecule has 1 amide bonds. The molecule has 0 saturated heterocycles. The van der Waals surface area contributed by atoms with Gasteiger partial charge in [0.1, 0.15) is 11.1 Å². The van der Waals surface area contributed by atoms with E-state index in [0.29, 0.717) is 10.6 Å². The molecule has 0 unspecified atom stereocenters. The van der Waals surface area contributed by atoms with Gasteiger partial charge >= 0.3 is 0 Å². The van der Waals surface area contributed by atoms with E-state index < -0.39 is 0 Å². The monoisotopic (exact) mass is 385 g/mol. The van der Waals surface area contributed by atoms with Crippen LogP contribution in [0, 0.1) is 25.2 Å². The predicted molar refractivity (Wildman–Crippen MR) is 111 cm³/mol. The summed E-state index contributed by atoms with van der Waals surface area (Å²) in [4.78, 5) is 17.2. The van der Waals surface area contributed by atoms with Crippen molar-refractivity contribution < 1.29 is 4.79 Å². The topological polar surface area (TPSA) is 65.8 Å². The van der Waals surface area contributed by atoms with Crippen molar-refractivity contribution in [2.75, 3.05) is 5.75 Å². The molecule has 1 N–H and O–H groups in total. The van der Waals surface area contributed by atoms with E-state index in [1.54, 1.807) is 0 Å². The molecular formula is C23H19N3OS. The first-order valence-corrected chi connectivity index (χ1v) is 10.1. The highest BCUT2D eigenvalue weighted by atomic mass is 32.2. The number of nitrogens with zero attached hydrogens (tertiary/aromatic N) is 2. The summed E-state index contributed by atoms with van der Waals surface area (Å²) in [5.74, 6) is 0.136. The number of nitriles is 1. The Morgan fingerprint density at radius 2 is 1.71 bits per heavy atom. The summed E-state index contributed by atoms with van der Waals surface area (Å²) in [7, 11) is 0. The van der Waals surface area contributed by atoms with Crippen LogP contribution in [0.1, 0.15) is 34.0 Å². The molecule has 1 heterocycles. The Morgan fingerprint density at radius 3 is 2.32 bits per heavy atom. The number of nitrogens with one attached hydrogen (secondary N) is 1. The lowest BCUT2D eigenvalue weighted by Crippen LogP contribution is -2.29. The summed E-state index contributed by atoms with van der Waals surface area (Å²) < 4.78 is 0. The van der Waals surface area contributed by atoms with E-state index in [9.17, 15) is 10.1 Å². The van der Waals surface area contributed by atoms with Crippen LogP contribution in [0.5, 0.6) is 0 Å². The van der Waals surface area contributed by atoms with Gasteiger partial charge in [0.05, 0.1) is 17.4 Å². The summed E-state index contributed by atoms with van der Waals surface area (Å²) in [6.07, 6.45) is 0. The van der Waals surface area contributed by atoms with Crippen LogP contribution in [-0.2, 0) is 4.79 Å². The lowest BCUT2D eigenvalue weighted by Gasteiger charge is -2.16. The number of hydrogen-bond acceptors (Lipinski definition) is 4. The SMILES string of the molecule is Cc1cc(C)c(C#N)c(SCC(=O)NC2c3ccccc3-c3ccccc32)n1. The first-order valence-electron chi connectivity index (χ1n) is 9.07. The van der Waals surface area contributed by atoms with Crippen molar-refractivity contribution in [3.8, 4) is 17.2 Å². The first-order chi connectivity index (χ1) is 13.6. The molecule has 3 aromatic rings. The number of aromatic nitrogens is 1. The minimum atomic E-state index is -0.150. The molecule has 0 aliphatic heterocycles. The molecule has 0 atom stereocenters. The second-order valence-electron chi connectivity index (χ2n) is 6.84. The van der Waals surface area contributed by atoms with Gasteiger partial charge in [0, 0.05) is 5.69 Å². The molecule has 4 rings (SSSR count). The van der Waals surface area contributed by atoms with Crippen LogP contribution in [0.3, 0.4) is 0 Å². The highest BCUT2D eigenvalue weighted by molar-refractivity contribution is 8.00. The van der Waals surface area contributed by atoms with Crippen molar-refractivity contribution in [2.24, 2.45) is 0 Å². The lowest BCUT2D eigenvalue weighted by atomic mass is 10.1. The van der Waals surface area contributed by atoms with Crippen molar-refractivity contribution in [3.05, 3.63) is 82.5 Å². The van der Waals surface area contributed by atoms with Crippen molar-refractivity contribution in [1.29, 1.82) is 5.26 Å². The Bertz CT molecular complexity index is 1070. The van der Waals surface area contributed by atoms with Gasteiger partial charge in [-0.2, -0.15) is 5.26 Å². The fourth-order valence-corrected chi connectivity index (χ4v) is 4.60. The molecule has 0 bridgehead atoms. The normalized spacial score (nSPS) is 12.2. The van der Waals surface area contributed by atoms with Gasteiger partial charge in [-0.3, -0.25) is 4.79 Å². The standard InChI is InChI=1S/C23H19N3OS/c1-14-11-15(2)25-23(20(14)12-24)28-13-21(27)26-22-18-9-5-3-7-16(18)17-8-4-6-10-19(17)22/h3-11,22H,13H2,1-2H3,(H,26,27). The number of pyridine rings is 1. The van der Waals surface area contributed by atoms with Gasteiger partial charge in [-0.25, -0.2) is 4.98 Å². The largest absolute Gasteiger partial charge is 0.344 e. The molecule has 1 aliphatic rings. The maximum absolute atomic E-state index is 12.7. The summed E-state index contributed by atoms with van der Waals surface area (Å²) in [6, 6.07) is 20.3. The smallest absolute Gasteiger partial charge is 0.231 e. The molecule has 138 valence electrons. The van der Waals surface area contributed by atoms with Crippen LogP contribution in [0.25, 0.3) is 11.1 Å². The minimum absolute atomic E-state index is 0.0774. The van der Waals surface area contributed by atoms with Crippen LogP contribution in [0.15, 0.2) is 59.6 Å². The number of thioether (sulfide) groups is 1. The van der Waals surface area contributed by atoms with E-state index >= 15 is 0 Å². The molecule has 0 fully saturated rings. The minimum Gasteiger partial charge on any atom is -0.344 e. The quantitative estimate of drug-likeness (QED) is 0.669. The Morgan fingerprint density at radius 1 is 1.11 bits per heavy atom. The molecule has 5 heteroatoms. The molecular weight excluding hydrogens is 366 g/mol. The number of amides is 1. The maximum atomic E-state index is 12.7. The molecule has 0 radical (unpaired) electrons. The maximum Gasteiger partial charge on any atom is 0.231 e. The zero-order valence-electron chi connectivity index (χ0n) is 15.7. The third-order valence-electron chi connectivity index (χ3n) is 4.90. The summed E-state index contributed by atoms with van der Waals surface area (Å²) >= 11 is 1.31. The number of hydrogen-bond donors (Lipinski definition) is 1. The molecule has 4 nitrogen and oxygen atoms in total. The third kappa shape index (κ3) is 3.28. The number of fused-ring (bicyclic) bond motifs is 3. The van der Waals surface area contributed by atoms with E-state index in [0.717, 1.165) is 22.4 Å². The molecule has 2 aromatic carbocycles. The Hall–Kier alpha value is -3.10. The van der Waals surface area contributed by atoms with Crippen molar-refractivity contribution >= 4 is 17.7 Å². The van der Waals surface area contributed by atoms with Gasteiger partial charge in [0.15, 0.2) is 0 Å². The first kappa shape index (κ1) is 18.3. The van der Waals surface area contributed by atoms with Gasteiger partial charge in [0.2, 0.25) is 5.91 Å². The summed E-state index contributed by atoms with van der Waals surface area (Å²) in [5, 5.41) is 13.2. The zero-order valence-corrected chi connectivity index (χ0v) is 16.5. The number of benzene rings is 2. The van der Waals surface area contributed by atoms with Crippen molar-refractivity contribution in [2.45, 2.75) is 24.9 Å². The van der Waals surface area contributed by atoms with E-state index in [-0.39, 0.29) is 17.7 Å². The van der Waals surface area contributed by atoms with Gasteiger partial charge in [-0.05, 0) is 47.7 Å². The van der Waals surface area contributed by atoms with Crippen molar-refractivity contribution in [1.82, 2.24) is 10.3 Å². The van der Waals surface area contributed by atoms with Crippen LogP contribution in [0.2, 0.25) is 0 Å². The third-order valence-corrected chi connectivity index (χ3v) is 5.88. The van der Waals surface area contributed by atoms with Crippen LogP contribution >= 0.6 is 11.8 Å².